The number of amides is 1. The van der Waals surface area contributed by atoms with Crippen molar-refractivity contribution >= 4 is 17.4 Å². The monoisotopic (exact) mass is 219 g/mol. The van der Waals surface area contributed by atoms with Crippen LogP contribution in [0.1, 0.15) is 18.9 Å². The molecule has 84 valence electrons. The number of anilines is 1. The summed E-state index contributed by atoms with van der Waals surface area (Å²) in [5.41, 5.74) is 1.66. The molecule has 1 heterocycles. The molecule has 1 fully saturated rings. The lowest BCUT2D eigenvalue weighted by Crippen LogP contribution is -2.22. The minimum Gasteiger partial charge on any atom is -0.300 e. The van der Waals surface area contributed by atoms with Gasteiger partial charge < -0.3 is 0 Å². The van der Waals surface area contributed by atoms with Gasteiger partial charge in [-0.15, -0.1) is 0 Å². The average Bonchev–Trinajstić information content (AvgIpc) is 2.65. The summed E-state index contributed by atoms with van der Waals surface area (Å²) in [6.07, 6.45) is 0.851. The molecule has 1 aromatic carbocycles. The van der Waals surface area contributed by atoms with Crippen molar-refractivity contribution in [1.82, 2.24) is 0 Å². The van der Waals surface area contributed by atoms with Gasteiger partial charge in [0, 0.05) is 6.42 Å². The lowest BCUT2D eigenvalue weighted by Gasteiger charge is -2.13. The summed E-state index contributed by atoms with van der Waals surface area (Å²) in [5, 5.41) is 1.30. The molecule has 0 saturated carbocycles. The fraction of sp³-hybridized carbons (Fsp3) is 0.333. The lowest BCUT2D eigenvalue weighted by molar-refractivity contribution is -0.119. The summed E-state index contributed by atoms with van der Waals surface area (Å²) in [7, 11) is 0. The van der Waals surface area contributed by atoms with Crippen LogP contribution in [0.15, 0.2) is 24.3 Å². The molecule has 1 aliphatic rings. The highest BCUT2D eigenvalue weighted by molar-refractivity contribution is 5.92. The molecule has 2 rings (SSSR count). The number of hydroxylamine groups is 1. The van der Waals surface area contributed by atoms with Crippen molar-refractivity contribution in [3.05, 3.63) is 29.8 Å². The first kappa shape index (κ1) is 10.8. The Morgan fingerprint density at radius 3 is 2.56 bits per heavy atom. The number of Topliss-reactive ketones (excluding diaryl/α,β-unsaturated/α-hetero) is 1. The predicted molar refractivity (Wildman–Crippen MR) is 58.9 cm³/mol. The summed E-state index contributed by atoms with van der Waals surface area (Å²) in [5.74, 6) is 0.0977. The smallest absolute Gasteiger partial charge is 0.253 e. The van der Waals surface area contributed by atoms with Crippen molar-refractivity contribution in [2.75, 3.05) is 11.7 Å². The van der Waals surface area contributed by atoms with Gasteiger partial charge in [-0.25, -0.2) is 0 Å². The van der Waals surface area contributed by atoms with E-state index < -0.39 is 0 Å². The molecule has 1 aromatic rings. The molecule has 0 atom stereocenters. The molecular weight excluding hydrogens is 206 g/mol. The van der Waals surface area contributed by atoms with Gasteiger partial charge >= 0.3 is 0 Å². The average molecular weight is 219 g/mol. The zero-order chi connectivity index (χ0) is 11.5. The maximum absolute atomic E-state index is 11.4. The van der Waals surface area contributed by atoms with E-state index >= 15 is 0 Å². The Balaban J connectivity index is 2.12. The van der Waals surface area contributed by atoms with E-state index in [9.17, 15) is 9.59 Å². The second kappa shape index (κ2) is 4.45. The van der Waals surface area contributed by atoms with E-state index in [2.05, 4.69) is 0 Å². The fourth-order valence-corrected chi connectivity index (χ4v) is 1.65. The molecule has 0 aliphatic carbocycles. The highest BCUT2D eigenvalue weighted by Crippen LogP contribution is 2.20. The maximum Gasteiger partial charge on any atom is 0.253 e. The molecule has 1 aliphatic heterocycles. The van der Waals surface area contributed by atoms with E-state index in [-0.39, 0.29) is 11.7 Å². The molecule has 16 heavy (non-hydrogen) atoms. The third-order valence-corrected chi connectivity index (χ3v) is 2.39. The predicted octanol–water partition coefficient (Wildman–Crippen LogP) is 1.49. The van der Waals surface area contributed by atoms with Crippen LogP contribution in [0.4, 0.5) is 5.69 Å². The Labute approximate surface area is 93.8 Å². The van der Waals surface area contributed by atoms with Crippen molar-refractivity contribution in [3.63, 3.8) is 0 Å². The van der Waals surface area contributed by atoms with Gasteiger partial charge in [0.15, 0.2) is 0 Å². The van der Waals surface area contributed by atoms with Gasteiger partial charge in [0.2, 0.25) is 0 Å². The number of carbonyl (C=O) groups excluding carboxylic acids is 2. The summed E-state index contributed by atoms with van der Waals surface area (Å²) in [4.78, 5) is 27.5. The summed E-state index contributed by atoms with van der Waals surface area (Å²) >= 11 is 0. The Morgan fingerprint density at radius 1 is 1.38 bits per heavy atom. The van der Waals surface area contributed by atoms with Crippen molar-refractivity contribution < 1.29 is 14.4 Å². The minimum atomic E-state index is -0.0284. The first-order valence-electron chi connectivity index (χ1n) is 5.21. The van der Waals surface area contributed by atoms with Gasteiger partial charge in [-0.2, -0.15) is 5.06 Å². The summed E-state index contributed by atoms with van der Waals surface area (Å²) in [6.45, 7) is 2.00. The summed E-state index contributed by atoms with van der Waals surface area (Å²) < 4.78 is 0. The number of hydrogen-bond donors (Lipinski definition) is 0. The van der Waals surface area contributed by atoms with Crippen LogP contribution >= 0.6 is 0 Å². The van der Waals surface area contributed by atoms with Gasteiger partial charge in [0.1, 0.15) is 5.78 Å². The lowest BCUT2D eigenvalue weighted by atomic mass is 10.1. The third-order valence-electron chi connectivity index (χ3n) is 2.39. The first-order chi connectivity index (χ1) is 7.66. The van der Waals surface area contributed by atoms with Gasteiger partial charge in [0.25, 0.3) is 5.91 Å². The normalized spacial score (nSPS) is 15.6. The molecule has 0 radical (unpaired) electrons. The Kier molecular flexibility index (Phi) is 3.01. The number of benzene rings is 1. The van der Waals surface area contributed by atoms with E-state index in [1.165, 1.54) is 5.06 Å². The quantitative estimate of drug-likeness (QED) is 0.773. The number of carbonyl (C=O) groups is 2. The van der Waals surface area contributed by atoms with Gasteiger partial charge in [-0.1, -0.05) is 12.1 Å². The standard InChI is InChI=1S/C12H13NO3/c1-9(14)8-10-2-4-11(5-3-10)13-12(15)6-7-16-13/h2-5H,6-8H2,1H3. The topological polar surface area (TPSA) is 46.6 Å². The van der Waals surface area contributed by atoms with Crippen LogP contribution in [-0.4, -0.2) is 18.3 Å². The SMILES string of the molecule is CC(=O)Cc1ccc(N2OCCC2=O)cc1. The molecule has 4 nitrogen and oxygen atoms in total. The van der Waals surface area contributed by atoms with E-state index in [1.54, 1.807) is 19.1 Å². The van der Waals surface area contributed by atoms with E-state index in [0.29, 0.717) is 19.4 Å². The molecular formula is C12H13NO3. The van der Waals surface area contributed by atoms with Gasteiger partial charge in [-0.05, 0) is 24.6 Å². The minimum absolute atomic E-state index is 0.0284. The molecule has 0 unspecified atom stereocenters. The first-order valence-corrected chi connectivity index (χ1v) is 5.21. The molecule has 0 bridgehead atoms. The summed E-state index contributed by atoms with van der Waals surface area (Å²) in [6, 6.07) is 7.26. The number of rotatable bonds is 3. The Bertz CT molecular complexity index is 411. The zero-order valence-corrected chi connectivity index (χ0v) is 9.10. The van der Waals surface area contributed by atoms with Crippen LogP contribution in [0.3, 0.4) is 0 Å². The zero-order valence-electron chi connectivity index (χ0n) is 9.10. The highest BCUT2D eigenvalue weighted by atomic mass is 16.7. The fourth-order valence-electron chi connectivity index (χ4n) is 1.65. The van der Waals surface area contributed by atoms with Crippen molar-refractivity contribution in [2.24, 2.45) is 0 Å². The van der Waals surface area contributed by atoms with E-state index in [1.807, 2.05) is 12.1 Å². The van der Waals surface area contributed by atoms with Crippen LogP contribution in [-0.2, 0) is 20.8 Å². The van der Waals surface area contributed by atoms with Crippen LogP contribution in [0.2, 0.25) is 0 Å². The molecule has 0 aromatic heterocycles. The van der Waals surface area contributed by atoms with Crippen molar-refractivity contribution in [1.29, 1.82) is 0 Å². The molecule has 1 amide bonds. The van der Waals surface area contributed by atoms with Crippen LogP contribution in [0, 0.1) is 0 Å². The van der Waals surface area contributed by atoms with E-state index in [4.69, 9.17) is 4.84 Å². The number of hydrogen-bond acceptors (Lipinski definition) is 3. The Morgan fingerprint density at radius 2 is 2.06 bits per heavy atom. The Hall–Kier alpha value is -1.68. The molecule has 1 saturated heterocycles. The van der Waals surface area contributed by atoms with Gasteiger partial charge in [-0.3, -0.25) is 14.4 Å². The van der Waals surface area contributed by atoms with Crippen molar-refractivity contribution in [2.45, 2.75) is 19.8 Å². The third kappa shape index (κ3) is 2.28. The van der Waals surface area contributed by atoms with Crippen LogP contribution < -0.4 is 5.06 Å². The highest BCUT2D eigenvalue weighted by Gasteiger charge is 2.22. The number of nitrogens with zero attached hydrogens (tertiary/aromatic N) is 1. The number of ketones is 1. The van der Waals surface area contributed by atoms with Gasteiger partial charge in [0.05, 0.1) is 18.7 Å². The second-order valence-corrected chi connectivity index (χ2v) is 3.82. The molecule has 4 heteroatoms. The maximum atomic E-state index is 11.4. The van der Waals surface area contributed by atoms with Crippen molar-refractivity contribution in [3.8, 4) is 0 Å². The second-order valence-electron chi connectivity index (χ2n) is 3.82. The van der Waals surface area contributed by atoms with Crippen LogP contribution in [0.25, 0.3) is 0 Å². The van der Waals surface area contributed by atoms with Crippen LogP contribution in [0.5, 0.6) is 0 Å². The molecule has 0 spiro atoms. The largest absolute Gasteiger partial charge is 0.300 e. The molecule has 0 N–H and O–H groups in total. The van der Waals surface area contributed by atoms with E-state index in [0.717, 1.165) is 11.3 Å².